The predicted octanol–water partition coefficient (Wildman–Crippen LogP) is 1.99. The van der Waals surface area contributed by atoms with Crippen LogP contribution in [0.4, 0.5) is 10.5 Å². The maximum absolute atomic E-state index is 11.6. The Balaban J connectivity index is 1.86. The van der Waals surface area contributed by atoms with E-state index in [-0.39, 0.29) is 0 Å². The minimum Gasteiger partial charge on any atom is -0.467 e. The van der Waals surface area contributed by atoms with E-state index >= 15 is 0 Å². The van der Waals surface area contributed by atoms with Gasteiger partial charge in [-0.15, -0.1) is 0 Å². The third-order valence-corrected chi connectivity index (χ3v) is 3.04. The molecule has 3 amide bonds. The normalized spacial score (nSPS) is 11.7. The molecule has 0 aliphatic heterocycles. The highest BCUT2D eigenvalue weighted by Gasteiger charge is 2.14. The molecular formula is C16H19N3O4. The first-order chi connectivity index (χ1) is 11.0. The number of carbonyl (C=O) groups excluding carboxylic acids is 2. The van der Waals surface area contributed by atoms with Crippen molar-refractivity contribution in [3.05, 3.63) is 54.0 Å². The molecule has 23 heavy (non-hydrogen) atoms. The number of furan rings is 1. The van der Waals surface area contributed by atoms with Crippen LogP contribution in [0.3, 0.4) is 0 Å². The summed E-state index contributed by atoms with van der Waals surface area (Å²) in [7, 11) is 0. The monoisotopic (exact) mass is 317 g/mol. The van der Waals surface area contributed by atoms with E-state index in [9.17, 15) is 9.59 Å². The largest absolute Gasteiger partial charge is 0.467 e. The van der Waals surface area contributed by atoms with Gasteiger partial charge in [0.2, 0.25) is 5.91 Å². The summed E-state index contributed by atoms with van der Waals surface area (Å²) in [6, 6.07) is 9.65. The van der Waals surface area contributed by atoms with Gasteiger partial charge in [-0.2, -0.15) is 0 Å². The number of hydrogen-bond acceptors (Lipinski definition) is 5. The lowest BCUT2D eigenvalue weighted by Crippen LogP contribution is -2.43. The fourth-order valence-electron chi connectivity index (χ4n) is 1.96. The number of hydrogen-bond donors (Lipinski definition) is 3. The van der Waals surface area contributed by atoms with Crippen molar-refractivity contribution in [2.75, 3.05) is 5.32 Å². The smallest absolute Gasteiger partial charge is 0.318 e. The molecule has 4 N–H and O–H groups in total. The summed E-state index contributed by atoms with van der Waals surface area (Å²) in [5, 5.41) is 5.03. The number of anilines is 1. The molecule has 0 saturated carbocycles. The van der Waals surface area contributed by atoms with E-state index < -0.39 is 18.0 Å². The van der Waals surface area contributed by atoms with Crippen molar-refractivity contribution in [2.45, 2.75) is 26.2 Å². The summed E-state index contributed by atoms with van der Waals surface area (Å²) in [6.07, 6.45) is 1.60. The quantitative estimate of drug-likeness (QED) is 0.724. The van der Waals surface area contributed by atoms with Gasteiger partial charge in [-0.05, 0) is 36.8 Å². The number of carbonyl (C=O) groups is 2. The van der Waals surface area contributed by atoms with Crippen molar-refractivity contribution in [3.63, 3.8) is 0 Å². The first-order valence-electron chi connectivity index (χ1n) is 7.10. The van der Waals surface area contributed by atoms with E-state index in [2.05, 4.69) is 5.32 Å². The van der Waals surface area contributed by atoms with Gasteiger partial charge in [0.25, 0.3) is 0 Å². The zero-order chi connectivity index (χ0) is 16.7. The number of urea groups is 1. The van der Waals surface area contributed by atoms with E-state index in [0.29, 0.717) is 13.2 Å². The Kier molecular flexibility index (Phi) is 5.76. The minimum atomic E-state index is -0.872. The molecule has 0 aliphatic rings. The lowest BCUT2D eigenvalue weighted by Gasteiger charge is -2.14. The van der Waals surface area contributed by atoms with Crippen molar-refractivity contribution in [2.24, 2.45) is 5.73 Å². The molecule has 2 rings (SSSR count). The van der Waals surface area contributed by atoms with Gasteiger partial charge in [0.15, 0.2) is 0 Å². The number of imide groups is 1. The van der Waals surface area contributed by atoms with Gasteiger partial charge >= 0.3 is 6.03 Å². The van der Waals surface area contributed by atoms with Crippen LogP contribution in [0.1, 0.15) is 18.2 Å². The maximum Gasteiger partial charge on any atom is 0.318 e. The van der Waals surface area contributed by atoms with E-state index in [1.165, 1.54) is 0 Å². The summed E-state index contributed by atoms with van der Waals surface area (Å²) < 4.78 is 10.7. The van der Waals surface area contributed by atoms with Gasteiger partial charge in [0.05, 0.1) is 12.9 Å². The second-order valence-electron chi connectivity index (χ2n) is 4.99. The summed E-state index contributed by atoms with van der Waals surface area (Å²) in [5.74, 6) is 0.271. The van der Waals surface area contributed by atoms with Crippen LogP contribution in [0.15, 0.2) is 47.1 Å². The Labute approximate surface area is 133 Å². The van der Waals surface area contributed by atoms with E-state index in [4.69, 9.17) is 14.9 Å². The van der Waals surface area contributed by atoms with Crippen LogP contribution >= 0.6 is 0 Å². The number of rotatable bonds is 7. The molecular weight excluding hydrogens is 298 g/mol. The standard InChI is InChI=1S/C16H19N3O4/c1-11(15(20)19-16(17)21)18-13-5-2-4-12(8-13)9-22-10-14-6-3-7-23-14/h2-8,11,18H,9-10H2,1H3,(H3,17,19,20,21)/t11-/m0/s1. The van der Waals surface area contributed by atoms with Gasteiger partial charge in [-0.25, -0.2) is 4.79 Å². The molecule has 1 aromatic heterocycles. The molecule has 0 spiro atoms. The molecule has 0 fully saturated rings. The van der Waals surface area contributed by atoms with Crippen molar-refractivity contribution >= 4 is 17.6 Å². The van der Waals surface area contributed by atoms with Gasteiger partial charge in [0, 0.05) is 5.69 Å². The lowest BCUT2D eigenvalue weighted by atomic mass is 10.2. The molecule has 1 heterocycles. The van der Waals surface area contributed by atoms with Crippen LogP contribution in [0.2, 0.25) is 0 Å². The molecule has 2 aromatic rings. The molecule has 7 heteroatoms. The number of amides is 3. The van der Waals surface area contributed by atoms with Crippen molar-refractivity contribution in [1.82, 2.24) is 5.32 Å². The van der Waals surface area contributed by atoms with Crippen LogP contribution in [0.5, 0.6) is 0 Å². The van der Waals surface area contributed by atoms with Gasteiger partial charge in [-0.1, -0.05) is 12.1 Å². The highest BCUT2D eigenvalue weighted by Crippen LogP contribution is 2.14. The third-order valence-electron chi connectivity index (χ3n) is 3.04. The number of primary amides is 1. The fraction of sp³-hybridized carbons (Fsp3) is 0.250. The molecule has 0 aliphatic carbocycles. The van der Waals surface area contributed by atoms with Gasteiger partial charge in [0.1, 0.15) is 18.4 Å². The minimum absolute atomic E-state index is 0.391. The second kappa shape index (κ2) is 8.00. The van der Waals surface area contributed by atoms with E-state index in [0.717, 1.165) is 17.0 Å². The second-order valence-corrected chi connectivity index (χ2v) is 4.99. The maximum atomic E-state index is 11.6. The summed E-state index contributed by atoms with van der Waals surface area (Å²) in [6.45, 7) is 2.44. The average Bonchev–Trinajstić information content (AvgIpc) is 3.00. The van der Waals surface area contributed by atoms with Crippen LogP contribution in [-0.4, -0.2) is 18.0 Å². The lowest BCUT2D eigenvalue weighted by molar-refractivity contribution is -0.120. The highest BCUT2D eigenvalue weighted by molar-refractivity contribution is 5.97. The first kappa shape index (κ1) is 16.6. The molecule has 0 bridgehead atoms. The molecule has 0 unspecified atom stereocenters. The van der Waals surface area contributed by atoms with Crippen molar-refractivity contribution in [3.8, 4) is 0 Å². The van der Waals surface area contributed by atoms with E-state index in [1.807, 2.05) is 41.7 Å². The topological polar surface area (TPSA) is 107 Å². The molecule has 0 saturated heterocycles. The Morgan fingerprint density at radius 2 is 2.09 bits per heavy atom. The third kappa shape index (κ3) is 5.48. The van der Waals surface area contributed by atoms with Gasteiger partial charge in [-0.3, -0.25) is 10.1 Å². The molecule has 1 atom stereocenters. The Morgan fingerprint density at radius 3 is 2.78 bits per heavy atom. The summed E-state index contributed by atoms with van der Waals surface area (Å²) >= 11 is 0. The molecule has 1 aromatic carbocycles. The summed E-state index contributed by atoms with van der Waals surface area (Å²) in [4.78, 5) is 22.3. The fourth-order valence-corrected chi connectivity index (χ4v) is 1.96. The Hall–Kier alpha value is -2.80. The molecule has 7 nitrogen and oxygen atoms in total. The first-order valence-corrected chi connectivity index (χ1v) is 7.10. The SMILES string of the molecule is C[C@H](Nc1cccc(COCc2ccco2)c1)C(=O)NC(N)=O. The highest BCUT2D eigenvalue weighted by atomic mass is 16.5. The molecule has 0 radical (unpaired) electrons. The zero-order valence-electron chi connectivity index (χ0n) is 12.7. The zero-order valence-corrected chi connectivity index (χ0v) is 12.7. The Bertz CT molecular complexity index is 655. The van der Waals surface area contributed by atoms with Crippen LogP contribution in [-0.2, 0) is 22.7 Å². The van der Waals surface area contributed by atoms with Crippen LogP contribution in [0.25, 0.3) is 0 Å². The van der Waals surface area contributed by atoms with Crippen LogP contribution < -0.4 is 16.4 Å². The Morgan fingerprint density at radius 1 is 1.26 bits per heavy atom. The van der Waals surface area contributed by atoms with Crippen LogP contribution in [0, 0.1) is 0 Å². The molecule has 122 valence electrons. The predicted molar refractivity (Wildman–Crippen MR) is 84.5 cm³/mol. The van der Waals surface area contributed by atoms with E-state index in [1.54, 1.807) is 13.2 Å². The number of ether oxygens (including phenoxy) is 1. The average molecular weight is 317 g/mol. The summed E-state index contributed by atoms with van der Waals surface area (Å²) in [5.41, 5.74) is 6.62. The van der Waals surface area contributed by atoms with Crippen molar-refractivity contribution < 1.29 is 18.7 Å². The van der Waals surface area contributed by atoms with Crippen molar-refractivity contribution in [1.29, 1.82) is 0 Å². The number of benzene rings is 1. The number of nitrogens with two attached hydrogens (primary N) is 1. The number of nitrogens with one attached hydrogen (secondary N) is 2. The van der Waals surface area contributed by atoms with Gasteiger partial charge < -0.3 is 20.2 Å².